The van der Waals surface area contributed by atoms with E-state index in [0.717, 1.165) is 5.56 Å². The van der Waals surface area contributed by atoms with Gasteiger partial charge >= 0.3 is 0 Å². The predicted octanol–water partition coefficient (Wildman–Crippen LogP) is 0.874. The number of rotatable bonds is 8. The first-order chi connectivity index (χ1) is 9.13. The minimum Gasteiger partial charge on any atom is -0.382 e. The number of nitro benzene ring substituents is 1. The second-order valence-electron chi connectivity index (χ2n) is 3.75. The van der Waals surface area contributed by atoms with E-state index in [0.29, 0.717) is 19.8 Å². The van der Waals surface area contributed by atoms with Crippen LogP contribution in [0.15, 0.2) is 24.3 Å². The summed E-state index contributed by atoms with van der Waals surface area (Å²) in [5.74, 6) is -0.241. The van der Waals surface area contributed by atoms with Crippen molar-refractivity contribution in [2.45, 2.75) is 6.54 Å². The zero-order valence-corrected chi connectivity index (χ0v) is 10.6. The first kappa shape index (κ1) is 15.1. The Morgan fingerprint density at radius 2 is 2.00 bits per heavy atom. The fourth-order valence-corrected chi connectivity index (χ4v) is 1.29. The van der Waals surface area contributed by atoms with Crippen LogP contribution in [0, 0.1) is 10.1 Å². The Morgan fingerprint density at radius 3 is 2.58 bits per heavy atom. The molecule has 1 amide bonds. The van der Waals surface area contributed by atoms with Crippen LogP contribution in [0.1, 0.15) is 5.56 Å². The van der Waals surface area contributed by atoms with Crippen LogP contribution >= 0.6 is 0 Å². The van der Waals surface area contributed by atoms with Crippen LogP contribution in [-0.2, 0) is 20.8 Å². The molecule has 0 aliphatic rings. The van der Waals surface area contributed by atoms with Crippen molar-refractivity contribution >= 4 is 11.6 Å². The van der Waals surface area contributed by atoms with Crippen molar-refractivity contribution in [1.82, 2.24) is 5.32 Å². The lowest BCUT2D eigenvalue weighted by atomic mass is 10.2. The van der Waals surface area contributed by atoms with Gasteiger partial charge in [0.05, 0.1) is 18.1 Å². The average molecular weight is 268 g/mol. The molecule has 1 N–H and O–H groups in total. The zero-order valence-electron chi connectivity index (χ0n) is 10.6. The van der Waals surface area contributed by atoms with E-state index < -0.39 is 4.92 Å². The number of benzene rings is 1. The van der Waals surface area contributed by atoms with Crippen molar-refractivity contribution in [2.75, 3.05) is 26.9 Å². The predicted molar refractivity (Wildman–Crippen MR) is 67.6 cm³/mol. The number of carbonyl (C=O) groups excluding carboxylic acids is 1. The maximum atomic E-state index is 11.4. The van der Waals surface area contributed by atoms with Gasteiger partial charge in [-0.15, -0.1) is 0 Å². The van der Waals surface area contributed by atoms with Crippen LogP contribution in [0.2, 0.25) is 0 Å². The lowest BCUT2D eigenvalue weighted by Crippen LogP contribution is -2.27. The van der Waals surface area contributed by atoms with Crippen molar-refractivity contribution in [3.63, 3.8) is 0 Å². The Hall–Kier alpha value is -1.99. The van der Waals surface area contributed by atoms with E-state index in [2.05, 4.69) is 5.32 Å². The normalized spacial score (nSPS) is 10.2. The second-order valence-corrected chi connectivity index (χ2v) is 3.75. The van der Waals surface area contributed by atoms with Crippen molar-refractivity contribution in [3.8, 4) is 0 Å². The van der Waals surface area contributed by atoms with Gasteiger partial charge in [-0.2, -0.15) is 0 Å². The van der Waals surface area contributed by atoms with Crippen molar-refractivity contribution in [1.29, 1.82) is 0 Å². The van der Waals surface area contributed by atoms with E-state index in [1.54, 1.807) is 19.2 Å². The van der Waals surface area contributed by atoms with Gasteiger partial charge in [-0.3, -0.25) is 14.9 Å². The molecule has 1 aromatic carbocycles. The number of non-ortho nitro benzene ring substituents is 1. The molecule has 0 bridgehead atoms. The van der Waals surface area contributed by atoms with Crippen LogP contribution in [0.3, 0.4) is 0 Å². The molecule has 0 atom stereocenters. The van der Waals surface area contributed by atoms with E-state index in [9.17, 15) is 14.9 Å². The lowest BCUT2D eigenvalue weighted by molar-refractivity contribution is -0.384. The van der Waals surface area contributed by atoms with Crippen molar-refractivity contribution in [2.24, 2.45) is 0 Å². The van der Waals surface area contributed by atoms with Gasteiger partial charge in [0.2, 0.25) is 5.91 Å². The quantitative estimate of drug-likeness (QED) is 0.429. The fraction of sp³-hybridized carbons (Fsp3) is 0.417. The number of hydrogen-bond acceptors (Lipinski definition) is 5. The van der Waals surface area contributed by atoms with Gasteiger partial charge in [-0.05, 0) is 5.56 Å². The van der Waals surface area contributed by atoms with Crippen molar-refractivity contribution in [3.05, 3.63) is 39.9 Å². The molecule has 7 heteroatoms. The fourth-order valence-electron chi connectivity index (χ4n) is 1.29. The highest BCUT2D eigenvalue weighted by Gasteiger charge is 2.05. The van der Waals surface area contributed by atoms with Gasteiger partial charge in [0.1, 0.15) is 6.61 Å². The van der Waals surface area contributed by atoms with Crippen LogP contribution in [-0.4, -0.2) is 37.8 Å². The number of nitrogens with zero attached hydrogens (tertiary/aromatic N) is 1. The Balaban J connectivity index is 2.28. The largest absolute Gasteiger partial charge is 0.382 e. The highest BCUT2D eigenvalue weighted by Crippen LogP contribution is 2.11. The maximum Gasteiger partial charge on any atom is 0.269 e. The highest BCUT2D eigenvalue weighted by molar-refractivity contribution is 5.77. The minimum absolute atomic E-state index is 0.0259. The molecule has 0 saturated heterocycles. The Kier molecular flexibility index (Phi) is 6.48. The van der Waals surface area contributed by atoms with Crippen LogP contribution in [0.4, 0.5) is 5.69 Å². The number of methoxy groups -OCH3 is 1. The molecular formula is C12H16N2O5. The van der Waals surface area contributed by atoms with Crippen LogP contribution < -0.4 is 5.32 Å². The van der Waals surface area contributed by atoms with E-state index >= 15 is 0 Å². The molecule has 104 valence electrons. The summed E-state index contributed by atoms with van der Waals surface area (Å²) in [6.45, 7) is 1.08. The number of carbonyl (C=O) groups is 1. The van der Waals surface area contributed by atoms with Gasteiger partial charge < -0.3 is 14.8 Å². The third kappa shape index (κ3) is 5.94. The summed E-state index contributed by atoms with van der Waals surface area (Å²) in [7, 11) is 1.55. The summed E-state index contributed by atoms with van der Waals surface area (Å²) in [6.07, 6.45) is 0. The standard InChI is InChI=1S/C12H16N2O5/c1-18-6-7-19-9-12(15)13-8-10-2-4-11(5-3-10)14(16)17/h2-5H,6-9H2,1H3,(H,13,15). The summed E-state index contributed by atoms with van der Waals surface area (Å²) in [5, 5.41) is 13.1. The van der Waals surface area contributed by atoms with E-state index in [1.165, 1.54) is 12.1 Å². The molecule has 0 unspecified atom stereocenters. The molecule has 0 aliphatic carbocycles. The Morgan fingerprint density at radius 1 is 1.32 bits per heavy atom. The summed E-state index contributed by atoms with van der Waals surface area (Å²) >= 11 is 0. The molecule has 0 radical (unpaired) electrons. The highest BCUT2D eigenvalue weighted by atomic mass is 16.6. The molecule has 1 rings (SSSR count). The van der Waals surface area contributed by atoms with Gasteiger partial charge in [0, 0.05) is 25.8 Å². The molecular weight excluding hydrogens is 252 g/mol. The first-order valence-corrected chi connectivity index (χ1v) is 5.70. The summed E-state index contributed by atoms with van der Waals surface area (Å²) in [4.78, 5) is 21.4. The third-order valence-electron chi connectivity index (χ3n) is 2.30. The molecule has 0 aromatic heterocycles. The molecule has 1 aromatic rings. The zero-order chi connectivity index (χ0) is 14.1. The topological polar surface area (TPSA) is 90.7 Å². The summed E-state index contributed by atoms with van der Waals surface area (Å²) < 4.78 is 9.82. The molecule has 0 aliphatic heterocycles. The molecule has 0 fully saturated rings. The molecule has 0 heterocycles. The minimum atomic E-state index is -0.466. The summed E-state index contributed by atoms with van der Waals surface area (Å²) in [5.41, 5.74) is 0.814. The lowest BCUT2D eigenvalue weighted by Gasteiger charge is -2.06. The number of nitro groups is 1. The Labute approximate surface area is 110 Å². The van der Waals surface area contributed by atoms with Gasteiger partial charge in [-0.25, -0.2) is 0 Å². The second kappa shape index (κ2) is 8.17. The van der Waals surface area contributed by atoms with E-state index in [1.807, 2.05) is 0 Å². The summed E-state index contributed by atoms with van der Waals surface area (Å²) in [6, 6.07) is 6.00. The maximum absolute atomic E-state index is 11.4. The van der Waals surface area contributed by atoms with E-state index in [4.69, 9.17) is 9.47 Å². The van der Waals surface area contributed by atoms with Gasteiger partial charge in [0.15, 0.2) is 0 Å². The van der Waals surface area contributed by atoms with Crippen molar-refractivity contribution < 1.29 is 19.2 Å². The molecule has 0 saturated carbocycles. The number of nitrogens with one attached hydrogen (secondary N) is 1. The number of amides is 1. The van der Waals surface area contributed by atoms with Crippen LogP contribution in [0.25, 0.3) is 0 Å². The molecule has 19 heavy (non-hydrogen) atoms. The SMILES string of the molecule is COCCOCC(=O)NCc1ccc([N+](=O)[O-])cc1. The monoisotopic (exact) mass is 268 g/mol. The first-order valence-electron chi connectivity index (χ1n) is 5.70. The third-order valence-corrected chi connectivity index (χ3v) is 2.30. The average Bonchev–Trinajstić information content (AvgIpc) is 2.42. The number of ether oxygens (including phenoxy) is 2. The smallest absolute Gasteiger partial charge is 0.269 e. The Bertz CT molecular complexity index is 419. The molecule has 0 spiro atoms. The van der Waals surface area contributed by atoms with E-state index in [-0.39, 0.29) is 18.2 Å². The van der Waals surface area contributed by atoms with Crippen LogP contribution in [0.5, 0.6) is 0 Å². The molecule has 7 nitrogen and oxygen atoms in total. The van der Waals surface area contributed by atoms with Gasteiger partial charge in [0.25, 0.3) is 5.69 Å². The number of hydrogen-bond donors (Lipinski definition) is 1. The van der Waals surface area contributed by atoms with Gasteiger partial charge in [-0.1, -0.05) is 12.1 Å².